The highest BCUT2D eigenvalue weighted by Crippen LogP contribution is 2.42. The van der Waals surface area contributed by atoms with Gasteiger partial charge >= 0.3 is 5.97 Å². The van der Waals surface area contributed by atoms with E-state index in [-0.39, 0.29) is 26.7 Å². The average molecular weight is 623 g/mol. The first kappa shape index (κ1) is 29.2. The number of halogens is 5. The van der Waals surface area contributed by atoms with Crippen molar-refractivity contribution >= 4 is 98.9 Å². The number of carbonyl (C=O) groups is 3. The van der Waals surface area contributed by atoms with Gasteiger partial charge in [0.25, 0.3) is 5.91 Å². The van der Waals surface area contributed by atoms with Crippen LogP contribution in [-0.2, 0) is 4.79 Å². The van der Waals surface area contributed by atoms with E-state index in [1.807, 2.05) is 6.92 Å². The molecule has 7 nitrogen and oxygen atoms in total. The van der Waals surface area contributed by atoms with E-state index >= 15 is 0 Å². The van der Waals surface area contributed by atoms with Crippen LogP contribution in [0, 0.1) is 6.92 Å². The van der Waals surface area contributed by atoms with Crippen molar-refractivity contribution in [2.45, 2.75) is 11.8 Å². The minimum atomic E-state index is -1.49. The van der Waals surface area contributed by atoms with Crippen LogP contribution in [0.4, 0.5) is 11.4 Å². The summed E-state index contributed by atoms with van der Waals surface area (Å²) in [6, 6.07) is 9.88. The SMILES string of the molecule is COc1cc(Cl)c(C)cc1NC(=O)CSc1ccc(NC(=O)c2c(Cl)c(Cl)c(Cl)c(Cl)c2C(=O)O)cc1. The minimum Gasteiger partial charge on any atom is -0.495 e. The molecule has 0 unspecified atom stereocenters. The van der Waals surface area contributed by atoms with E-state index in [2.05, 4.69) is 10.6 Å². The Morgan fingerprint density at radius 3 is 2.05 bits per heavy atom. The van der Waals surface area contributed by atoms with Gasteiger partial charge in [-0.1, -0.05) is 58.0 Å². The number of amides is 2. The molecule has 13 heteroatoms. The molecule has 0 aliphatic rings. The summed E-state index contributed by atoms with van der Waals surface area (Å²) in [4.78, 5) is 37.7. The smallest absolute Gasteiger partial charge is 0.338 e. The number of aromatic carboxylic acids is 1. The molecule has 3 aromatic carbocycles. The van der Waals surface area contributed by atoms with Crippen molar-refractivity contribution in [1.82, 2.24) is 0 Å². The summed E-state index contributed by atoms with van der Waals surface area (Å²) in [5.41, 5.74) is 0.661. The summed E-state index contributed by atoms with van der Waals surface area (Å²) in [5.74, 6) is -2.03. The van der Waals surface area contributed by atoms with Gasteiger partial charge in [0.05, 0.1) is 49.8 Å². The molecule has 3 N–H and O–H groups in total. The van der Waals surface area contributed by atoms with Crippen molar-refractivity contribution in [1.29, 1.82) is 0 Å². The average Bonchev–Trinajstić information content (AvgIpc) is 2.86. The van der Waals surface area contributed by atoms with Gasteiger partial charge in [-0.3, -0.25) is 9.59 Å². The Kier molecular flexibility index (Phi) is 9.86. The highest BCUT2D eigenvalue weighted by atomic mass is 35.5. The summed E-state index contributed by atoms with van der Waals surface area (Å²) >= 11 is 31.4. The number of carboxylic acids is 1. The summed E-state index contributed by atoms with van der Waals surface area (Å²) < 4.78 is 5.27. The maximum absolute atomic E-state index is 12.9. The molecule has 0 heterocycles. The van der Waals surface area contributed by atoms with E-state index < -0.39 is 28.0 Å². The molecular weight excluding hydrogens is 606 g/mol. The van der Waals surface area contributed by atoms with Crippen molar-refractivity contribution < 1.29 is 24.2 Å². The lowest BCUT2D eigenvalue weighted by Gasteiger charge is -2.14. The van der Waals surface area contributed by atoms with Crippen LogP contribution in [-0.4, -0.2) is 35.8 Å². The predicted molar refractivity (Wildman–Crippen MR) is 150 cm³/mol. The third-order valence-electron chi connectivity index (χ3n) is 4.94. The van der Waals surface area contributed by atoms with E-state index in [0.29, 0.717) is 22.1 Å². The molecule has 0 atom stereocenters. The summed E-state index contributed by atoms with van der Waals surface area (Å²) in [7, 11) is 1.48. The van der Waals surface area contributed by atoms with Crippen LogP contribution in [0.2, 0.25) is 25.1 Å². The number of nitrogens with one attached hydrogen (secondary N) is 2. The molecule has 0 fully saturated rings. The number of methoxy groups -OCH3 is 1. The second-order valence-corrected chi connectivity index (χ2v) is 10.4. The number of anilines is 2. The number of rotatable bonds is 8. The van der Waals surface area contributed by atoms with E-state index in [1.165, 1.54) is 18.9 Å². The van der Waals surface area contributed by atoms with Gasteiger partial charge in [0.1, 0.15) is 5.75 Å². The Balaban J connectivity index is 1.68. The lowest BCUT2D eigenvalue weighted by molar-refractivity contribution is -0.113. The first-order chi connectivity index (χ1) is 17.4. The van der Waals surface area contributed by atoms with Gasteiger partial charge in [-0.15, -0.1) is 11.8 Å². The van der Waals surface area contributed by atoms with Gasteiger partial charge in [0.15, 0.2) is 0 Å². The van der Waals surface area contributed by atoms with Gasteiger partial charge in [0.2, 0.25) is 5.91 Å². The van der Waals surface area contributed by atoms with Crippen molar-refractivity contribution in [2.24, 2.45) is 0 Å². The zero-order valence-electron chi connectivity index (χ0n) is 19.0. The zero-order valence-corrected chi connectivity index (χ0v) is 23.6. The van der Waals surface area contributed by atoms with Gasteiger partial charge in [-0.25, -0.2) is 4.79 Å². The van der Waals surface area contributed by atoms with Crippen LogP contribution in [0.5, 0.6) is 5.75 Å². The van der Waals surface area contributed by atoms with Gasteiger partial charge < -0.3 is 20.5 Å². The number of hydrogen-bond acceptors (Lipinski definition) is 5. The Morgan fingerprint density at radius 1 is 0.892 bits per heavy atom. The fraction of sp³-hybridized carbons (Fsp3) is 0.125. The lowest BCUT2D eigenvalue weighted by atomic mass is 10.1. The molecule has 3 rings (SSSR count). The Bertz CT molecular complexity index is 1400. The molecule has 194 valence electrons. The second-order valence-electron chi connectivity index (χ2n) is 7.43. The number of aryl methyl sites for hydroxylation is 1. The van der Waals surface area contributed by atoms with Crippen LogP contribution in [0.1, 0.15) is 26.3 Å². The largest absolute Gasteiger partial charge is 0.495 e. The number of ether oxygens (including phenoxy) is 1. The maximum Gasteiger partial charge on any atom is 0.338 e. The number of hydrogen-bond donors (Lipinski definition) is 3. The van der Waals surface area contributed by atoms with Gasteiger partial charge in [0, 0.05) is 21.7 Å². The first-order valence-electron chi connectivity index (χ1n) is 10.2. The Morgan fingerprint density at radius 2 is 1.49 bits per heavy atom. The molecule has 0 radical (unpaired) electrons. The van der Waals surface area contributed by atoms with Gasteiger partial charge in [-0.05, 0) is 42.8 Å². The molecular formula is C24H17Cl5N2O5S. The van der Waals surface area contributed by atoms with E-state index in [9.17, 15) is 19.5 Å². The third-order valence-corrected chi connectivity index (χ3v) is 8.17. The van der Waals surface area contributed by atoms with Crippen LogP contribution in [0.15, 0.2) is 41.3 Å². The molecule has 37 heavy (non-hydrogen) atoms. The van der Waals surface area contributed by atoms with Crippen LogP contribution in [0.25, 0.3) is 0 Å². The fourth-order valence-electron chi connectivity index (χ4n) is 3.14. The minimum absolute atomic E-state index is 0.107. The number of carboxylic acid groups (broad SMARTS) is 1. The van der Waals surface area contributed by atoms with Crippen LogP contribution < -0.4 is 15.4 Å². The molecule has 0 aliphatic heterocycles. The van der Waals surface area contributed by atoms with Crippen molar-refractivity contribution in [3.63, 3.8) is 0 Å². The lowest BCUT2D eigenvalue weighted by Crippen LogP contribution is -2.18. The number of benzene rings is 3. The monoisotopic (exact) mass is 620 g/mol. The van der Waals surface area contributed by atoms with Crippen LogP contribution in [0.3, 0.4) is 0 Å². The maximum atomic E-state index is 12.9. The Hall–Kier alpha value is -2.33. The molecule has 0 aliphatic carbocycles. The molecule has 0 saturated carbocycles. The topological polar surface area (TPSA) is 105 Å². The van der Waals surface area contributed by atoms with Gasteiger partial charge in [-0.2, -0.15) is 0 Å². The molecule has 0 aromatic heterocycles. The standard InChI is InChI=1S/C24H17Cl5N2O5S/c1-10-7-14(15(36-2)8-13(10)25)31-16(32)9-37-12-5-3-11(4-6-12)30-23(33)17-18(24(34)35)20(27)22(29)21(28)19(17)26/h3-8H,9H2,1-2H3,(H,30,33)(H,31,32)(H,34,35). The van der Waals surface area contributed by atoms with Crippen molar-refractivity contribution in [3.8, 4) is 5.75 Å². The molecule has 0 spiro atoms. The summed E-state index contributed by atoms with van der Waals surface area (Å²) in [5, 5.41) is 14.2. The molecule has 0 bridgehead atoms. The highest BCUT2D eigenvalue weighted by Gasteiger charge is 2.29. The quantitative estimate of drug-likeness (QED) is 0.134. The van der Waals surface area contributed by atoms with Crippen LogP contribution >= 0.6 is 69.8 Å². The molecule has 0 saturated heterocycles. The second kappa shape index (κ2) is 12.5. The zero-order chi connectivity index (χ0) is 27.4. The Labute approximate surface area is 241 Å². The summed E-state index contributed by atoms with van der Waals surface area (Å²) in [6.07, 6.45) is 0. The third kappa shape index (κ3) is 6.76. The fourth-order valence-corrected chi connectivity index (χ4v) is 5.01. The number of carbonyl (C=O) groups excluding carboxylic acids is 2. The first-order valence-corrected chi connectivity index (χ1v) is 13.1. The molecule has 2 amide bonds. The van der Waals surface area contributed by atoms with E-state index in [1.54, 1.807) is 36.4 Å². The predicted octanol–water partition coefficient (Wildman–Crippen LogP) is 7.95. The summed E-state index contributed by atoms with van der Waals surface area (Å²) in [6.45, 7) is 1.82. The van der Waals surface area contributed by atoms with Crippen molar-refractivity contribution in [3.05, 3.63) is 78.2 Å². The van der Waals surface area contributed by atoms with E-state index in [0.717, 1.165) is 10.5 Å². The van der Waals surface area contributed by atoms with E-state index in [4.69, 9.17) is 62.7 Å². The number of thioether (sulfide) groups is 1. The highest BCUT2D eigenvalue weighted by molar-refractivity contribution is 8.00. The van der Waals surface area contributed by atoms with Crippen molar-refractivity contribution in [2.75, 3.05) is 23.5 Å². The molecule has 3 aromatic rings. The normalized spacial score (nSPS) is 10.7.